The van der Waals surface area contributed by atoms with Crippen molar-refractivity contribution in [1.82, 2.24) is 0 Å². The second-order valence-corrected chi connectivity index (χ2v) is 6.55. The van der Waals surface area contributed by atoms with Crippen molar-refractivity contribution in [3.8, 4) is 0 Å². The van der Waals surface area contributed by atoms with Gasteiger partial charge in [0.05, 0.1) is 0 Å². The van der Waals surface area contributed by atoms with Crippen LogP contribution in [0.25, 0.3) is 0 Å². The highest BCUT2D eigenvalue weighted by Crippen LogP contribution is 2.34. The lowest BCUT2D eigenvalue weighted by atomic mass is 9.82. The minimum absolute atomic E-state index is 0.00756. The predicted octanol–water partition coefficient (Wildman–Crippen LogP) is 3.99. The standard InChI is InChI=1S/C15H23ClN2/c1-11(17)13-5-4-12(10-14(13)16)18-8-6-15(2,3)7-9-18/h4-5,10-11H,6-9,17H2,1-3H3. The molecule has 0 spiro atoms. The van der Waals surface area contributed by atoms with Gasteiger partial charge >= 0.3 is 0 Å². The van der Waals surface area contributed by atoms with Crippen LogP contribution in [0.15, 0.2) is 18.2 Å². The van der Waals surface area contributed by atoms with Crippen LogP contribution >= 0.6 is 11.6 Å². The summed E-state index contributed by atoms with van der Waals surface area (Å²) in [6.45, 7) is 8.87. The Balaban J connectivity index is 2.13. The van der Waals surface area contributed by atoms with E-state index in [-0.39, 0.29) is 6.04 Å². The van der Waals surface area contributed by atoms with Crippen molar-refractivity contribution in [3.05, 3.63) is 28.8 Å². The third-order valence-electron chi connectivity index (χ3n) is 3.96. The molecule has 100 valence electrons. The highest BCUT2D eigenvalue weighted by atomic mass is 35.5. The fraction of sp³-hybridized carbons (Fsp3) is 0.600. The first-order chi connectivity index (χ1) is 8.39. The number of nitrogens with zero attached hydrogens (tertiary/aromatic N) is 1. The van der Waals surface area contributed by atoms with Crippen LogP contribution in [0.4, 0.5) is 5.69 Å². The number of rotatable bonds is 2. The molecule has 3 heteroatoms. The molecule has 1 aliphatic rings. The zero-order chi connectivity index (χ0) is 13.3. The van der Waals surface area contributed by atoms with Gasteiger partial charge < -0.3 is 10.6 Å². The summed E-state index contributed by atoms with van der Waals surface area (Å²) in [6.07, 6.45) is 2.47. The number of anilines is 1. The van der Waals surface area contributed by atoms with E-state index >= 15 is 0 Å². The Bertz CT molecular complexity index is 417. The monoisotopic (exact) mass is 266 g/mol. The molecule has 1 aromatic rings. The van der Waals surface area contributed by atoms with E-state index < -0.39 is 0 Å². The predicted molar refractivity (Wildman–Crippen MR) is 79.3 cm³/mol. The molecule has 0 radical (unpaired) electrons. The normalized spacial score (nSPS) is 20.8. The number of nitrogens with two attached hydrogens (primary N) is 1. The third kappa shape index (κ3) is 2.99. The zero-order valence-electron chi connectivity index (χ0n) is 11.5. The van der Waals surface area contributed by atoms with Gasteiger partial charge in [0.25, 0.3) is 0 Å². The molecule has 1 unspecified atom stereocenters. The molecule has 1 atom stereocenters. The summed E-state index contributed by atoms with van der Waals surface area (Å²) in [7, 11) is 0. The van der Waals surface area contributed by atoms with E-state index in [1.54, 1.807) is 0 Å². The fourth-order valence-corrected chi connectivity index (χ4v) is 2.80. The average Bonchev–Trinajstić information content (AvgIpc) is 2.28. The first-order valence-electron chi connectivity index (χ1n) is 6.69. The minimum atomic E-state index is -0.00756. The summed E-state index contributed by atoms with van der Waals surface area (Å²) < 4.78 is 0. The molecule has 0 aliphatic carbocycles. The smallest absolute Gasteiger partial charge is 0.0474 e. The van der Waals surface area contributed by atoms with Crippen LogP contribution in [0.5, 0.6) is 0 Å². The van der Waals surface area contributed by atoms with Crippen LogP contribution in [-0.4, -0.2) is 13.1 Å². The molecule has 2 nitrogen and oxygen atoms in total. The Morgan fingerprint density at radius 2 is 1.89 bits per heavy atom. The quantitative estimate of drug-likeness (QED) is 0.877. The second-order valence-electron chi connectivity index (χ2n) is 6.15. The van der Waals surface area contributed by atoms with Crippen LogP contribution in [0.2, 0.25) is 5.02 Å². The topological polar surface area (TPSA) is 29.3 Å². The van der Waals surface area contributed by atoms with Gasteiger partial charge in [0.15, 0.2) is 0 Å². The largest absolute Gasteiger partial charge is 0.371 e. The maximum atomic E-state index is 6.29. The van der Waals surface area contributed by atoms with Crippen molar-refractivity contribution in [2.24, 2.45) is 11.1 Å². The average molecular weight is 267 g/mol. The molecule has 1 aliphatic heterocycles. The molecule has 18 heavy (non-hydrogen) atoms. The Morgan fingerprint density at radius 1 is 1.28 bits per heavy atom. The molecule has 0 saturated carbocycles. The van der Waals surface area contributed by atoms with Crippen molar-refractivity contribution in [2.75, 3.05) is 18.0 Å². The van der Waals surface area contributed by atoms with Crippen LogP contribution in [0.1, 0.15) is 45.2 Å². The maximum absolute atomic E-state index is 6.29. The molecule has 1 fully saturated rings. The molecule has 1 saturated heterocycles. The van der Waals surface area contributed by atoms with Crippen molar-refractivity contribution >= 4 is 17.3 Å². The van der Waals surface area contributed by atoms with Crippen molar-refractivity contribution < 1.29 is 0 Å². The highest BCUT2D eigenvalue weighted by molar-refractivity contribution is 6.31. The van der Waals surface area contributed by atoms with Gasteiger partial charge in [0.2, 0.25) is 0 Å². The van der Waals surface area contributed by atoms with E-state index in [0.29, 0.717) is 5.41 Å². The summed E-state index contributed by atoms with van der Waals surface area (Å²) in [5.41, 5.74) is 8.61. The van der Waals surface area contributed by atoms with E-state index in [1.807, 2.05) is 6.92 Å². The lowest BCUT2D eigenvalue weighted by Gasteiger charge is -2.38. The summed E-state index contributed by atoms with van der Waals surface area (Å²) in [6, 6.07) is 6.25. The van der Waals surface area contributed by atoms with E-state index in [1.165, 1.54) is 18.5 Å². The third-order valence-corrected chi connectivity index (χ3v) is 4.28. The van der Waals surface area contributed by atoms with Gasteiger partial charge in [-0.1, -0.05) is 31.5 Å². The van der Waals surface area contributed by atoms with Crippen molar-refractivity contribution in [2.45, 2.75) is 39.7 Å². The Kier molecular flexibility index (Phi) is 3.88. The maximum Gasteiger partial charge on any atom is 0.0474 e. The summed E-state index contributed by atoms with van der Waals surface area (Å²) in [4.78, 5) is 2.42. The van der Waals surface area contributed by atoms with Crippen molar-refractivity contribution in [3.63, 3.8) is 0 Å². The van der Waals surface area contributed by atoms with Crippen LogP contribution in [-0.2, 0) is 0 Å². The molecular formula is C15H23ClN2. The van der Waals surface area contributed by atoms with Gasteiger partial charge in [-0.25, -0.2) is 0 Å². The summed E-state index contributed by atoms with van der Waals surface area (Å²) in [5, 5.41) is 0.785. The zero-order valence-corrected chi connectivity index (χ0v) is 12.3. The summed E-state index contributed by atoms with van der Waals surface area (Å²) in [5.74, 6) is 0. The molecule has 0 bridgehead atoms. The van der Waals surface area contributed by atoms with E-state index in [0.717, 1.165) is 23.7 Å². The lowest BCUT2D eigenvalue weighted by molar-refractivity contribution is 0.280. The van der Waals surface area contributed by atoms with Crippen LogP contribution in [0, 0.1) is 5.41 Å². The number of hydrogen-bond acceptors (Lipinski definition) is 2. The lowest BCUT2D eigenvalue weighted by Crippen LogP contribution is -2.37. The number of benzene rings is 1. The van der Waals surface area contributed by atoms with Gasteiger partial charge in [-0.15, -0.1) is 0 Å². The Morgan fingerprint density at radius 3 is 2.39 bits per heavy atom. The van der Waals surface area contributed by atoms with Crippen LogP contribution in [0.3, 0.4) is 0 Å². The summed E-state index contributed by atoms with van der Waals surface area (Å²) >= 11 is 6.29. The Labute approximate surface area is 115 Å². The van der Waals surface area contributed by atoms with Crippen molar-refractivity contribution in [1.29, 1.82) is 0 Å². The van der Waals surface area contributed by atoms with E-state index in [9.17, 15) is 0 Å². The molecule has 0 aromatic heterocycles. The van der Waals surface area contributed by atoms with Gasteiger partial charge in [0, 0.05) is 29.8 Å². The van der Waals surface area contributed by atoms with Crippen LogP contribution < -0.4 is 10.6 Å². The number of piperidine rings is 1. The Hall–Kier alpha value is -0.730. The van der Waals surface area contributed by atoms with Gasteiger partial charge in [0.1, 0.15) is 0 Å². The number of halogens is 1. The number of hydrogen-bond donors (Lipinski definition) is 1. The molecule has 1 heterocycles. The van der Waals surface area contributed by atoms with Gasteiger partial charge in [-0.2, -0.15) is 0 Å². The van der Waals surface area contributed by atoms with E-state index in [4.69, 9.17) is 17.3 Å². The highest BCUT2D eigenvalue weighted by Gasteiger charge is 2.25. The van der Waals surface area contributed by atoms with Gasteiger partial charge in [-0.05, 0) is 42.9 Å². The van der Waals surface area contributed by atoms with Gasteiger partial charge in [-0.3, -0.25) is 0 Å². The molecule has 0 amide bonds. The second kappa shape index (κ2) is 5.10. The molecular weight excluding hydrogens is 244 g/mol. The SMILES string of the molecule is CC(N)c1ccc(N2CCC(C)(C)CC2)cc1Cl. The molecule has 2 rings (SSSR count). The first-order valence-corrected chi connectivity index (χ1v) is 7.07. The molecule has 1 aromatic carbocycles. The fourth-order valence-electron chi connectivity index (χ4n) is 2.45. The van der Waals surface area contributed by atoms with E-state index in [2.05, 4.69) is 36.9 Å². The first kappa shape index (κ1) is 13.7. The minimum Gasteiger partial charge on any atom is -0.371 e. The molecule has 2 N–H and O–H groups in total.